The zero-order valence-electron chi connectivity index (χ0n) is 13.2. The van der Waals surface area contributed by atoms with Gasteiger partial charge in [0.15, 0.2) is 0 Å². The maximum Gasteiger partial charge on any atom is 0.138 e. The minimum absolute atomic E-state index is 0.0871. The SMILES string of the molecule is CCCC(N)C(O)CC(C)c1cc(OC)c(Cl)cc1OC. The van der Waals surface area contributed by atoms with Crippen molar-refractivity contribution in [2.24, 2.45) is 5.73 Å². The van der Waals surface area contributed by atoms with Gasteiger partial charge in [-0.3, -0.25) is 0 Å². The fraction of sp³-hybridized carbons (Fsp3) is 0.625. The van der Waals surface area contributed by atoms with Gasteiger partial charge in [0.2, 0.25) is 0 Å². The van der Waals surface area contributed by atoms with E-state index in [2.05, 4.69) is 6.92 Å². The van der Waals surface area contributed by atoms with E-state index >= 15 is 0 Å². The van der Waals surface area contributed by atoms with E-state index in [1.54, 1.807) is 20.3 Å². The molecule has 1 aromatic rings. The standard InChI is InChI=1S/C16H26ClNO3/c1-5-6-13(18)14(19)7-10(2)11-8-16(21-4)12(17)9-15(11)20-3/h8-10,13-14,19H,5-7,18H2,1-4H3. The predicted molar refractivity (Wildman–Crippen MR) is 86.5 cm³/mol. The van der Waals surface area contributed by atoms with Crippen LogP contribution in [0.25, 0.3) is 0 Å². The molecular formula is C16H26ClNO3. The number of rotatable bonds is 8. The van der Waals surface area contributed by atoms with Crippen molar-refractivity contribution in [1.82, 2.24) is 0 Å². The first-order valence-corrected chi connectivity index (χ1v) is 7.67. The summed E-state index contributed by atoms with van der Waals surface area (Å²) in [5, 5.41) is 10.7. The molecule has 3 N–H and O–H groups in total. The molecule has 5 heteroatoms. The fourth-order valence-corrected chi connectivity index (χ4v) is 2.69. The molecule has 0 radical (unpaired) electrons. The normalized spacial score (nSPS) is 15.4. The van der Waals surface area contributed by atoms with E-state index in [0.717, 1.165) is 18.4 Å². The Bertz CT molecular complexity index is 453. The zero-order chi connectivity index (χ0) is 16.0. The van der Waals surface area contributed by atoms with Gasteiger partial charge in [-0.15, -0.1) is 0 Å². The molecule has 0 amide bonds. The van der Waals surface area contributed by atoms with Crippen LogP contribution < -0.4 is 15.2 Å². The van der Waals surface area contributed by atoms with Crippen molar-refractivity contribution in [2.75, 3.05) is 14.2 Å². The third-order valence-corrected chi connectivity index (χ3v) is 4.04. The Labute approximate surface area is 132 Å². The Morgan fingerprint density at radius 2 is 1.86 bits per heavy atom. The second-order valence-electron chi connectivity index (χ2n) is 5.39. The molecule has 1 rings (SSSR count). The number of hydrogen-bond acceptors (Lipinski definition) is 4. The average molecular weight is 316 g/mol. The van der Waals surface area contributed by atoms with Gasteiger partial charge in [0.05, 0.1) is 25.3 Å². The van der Waals surface area contributed by atoms with Gasteiger partial charge in [0.25, 0.3) is 0 Å². The number of halogens is 1. The summed E-state index contributed by atoms with van der Waals surface area (Å²) in [7, 11) is 3.18. The third kappa shape index (κ3) is 4.77. The van der Waals surface area contributed by atoms with Gasteiger partial charge >= 0.3 is 0 Å². The molecule has 21 heavy (non-hydrogen) atoms. The highest BCUT2D eigenvalue weighted by Gasteiger charge is 2.21. The van der Waals surface area contributed by atoms with Gasteiger partial charge in [-0.05, 0) is 24.8 Å². The molecule has 120 valence electrons. The lowest BCUT2D eigenvalue weighted by molar-refractivity contribution is 0.123. The summed E-state index contributed by atoms with van der Waals surface area (Å²) in [6.07, 6.45) is 1.81. The van der Waals surface area contributed by atoms with Crippen LogP contribution in [0.5, 0.6) is 11.5 Å². The maximum absolute atomic E-state index is 10.2. The molecule has 0 saturated heterocycles. The Morgan fingerprint density at radius 1 is 1.24 bits per heavy atom. The quantitative estimate of drug-likeness (QED) is 0.772. The van der Waals surface area contributed by atoms with E-state index in [1.807, 2.05) is 13.0 Å². The molecule has 3 unspecified atom stereocenters. The first-order chi connectivity index (χ1) is 9.94. The van der Waals surface area contributed by atoms with Crippen LogP contribution in [0.3, 0.4) is 0 Å². The molecule has 0 spiro atoms. The molecule has 0 saturated carbocycles. The van der Waals surface area contributed by atoms with Crippen LogP contribution in [0, 0.1) is 0 Å². The number of ether oxygens (including phenoxy) is 2. The molecule has 4 nitrogen and oxygen atoms in total. The van der Waals surface area contributed by atoms with Crippen molar-refractivity contribution < 1.29 is 14.6 Å². The topological polar surface area (TPSA) is 64.7 Å². The van der Waals surface area contributed by atoms with Crippen molar-refractivity contribution in [3.63, 3.8) is 0 Å². The summed E-state index contributed by atoms with van der Waals surface area (Å²) in [6.45, 7) is 4.09. The summed E-state index contributed by atoms with van der Waals surface area (Å²) < 4.78 is 10.6. The van der Waals surface area contributed by atoms with E-state index in [1.165, 1.54) is 0 Å². The number of hydrogen-bond donors (Lipinski definition) is 2. The van der Waals surface area contributed by atoms with Crippen molar-refractivity contribution in [1.29, 1.82) is 0 Å². The van der Waals surface area contributed by atoms with Crippen LogP contribution in [0.1, 0.15) is 44.6 Å². The van der Waals surface area contributed by atoms with Crippen LogP contribution in [0.2, 0.25) is 5.02 Å². The van der Waals surface area contributed by atoms with Crippen molar-refractivity contribution in [3.05, 3.63) is 22.7 Å². The van der Waals surface area contributed by atoms with Gasteiger partial charge < -0.3 is 20.3 Å². The monoisotopic (exact) mass is 315 g/mol. The minimum atomic E-state index is -0.536. The first-order valence-electron chi connectivity index (χ1n) is 7.29. The average Bonchev–Trinajstić information content (AvgIpc) is 2.46. The molecule has 0 aliphatic rings. The molecular weight excluding hydrogens is 290 g/mol. The van der Waals surface area contributed by atoms with E-state index in [9.17, 15) is 5.11 Å². The van der Waals surface area contributed by atoms with Crippen LogP contribution in [0.15, 0.2) is 12.1 Å². The van der Waals surface area contributed by atoms with E-state index in [-0.39, 0.29) is 12.0 Å². The van der Waals surface area contributed by atoms with E-state index in [4.69, 9.17) is 26.8 Å². The summed E-state index contributed by atoms with van der Waals surface area (Å²) in [4.78, 5) is 0. The lowest BCUT2D eigenvalue weighted by atomic mass is 9.90. The molecule has 0 aliphatic heterocycles. The molecule has 0 bridgehead atoms. The third-order valence-electron chi connectivity index (χ3n) is 3.75. The summed E-state index contributed by atoms with van der Waals surface area (Å²) in [6, 6.07) is 3.41. The van der Waals surface area contributed by atoms with Gasteiger partial charge in [0, 0.05) is 17.7 Å². The molecule has 0 fully saturated rings. The van der Waals surface area contributed by atoms with Gasteiger partial charge in [-0.1, -0.05) is 31.9 Å². The van der Waals surface area contributed by atoms with E-state index in [0.29, 0.717) is 22.9 Å². The number of methoxy groups -OCH3 is 2. The minimum Gasteiger partial charge on any atom is -0.496 e. The Balaban J connectivity index is 2.92. The van der Waals surface area contributed by atoms with Crippen molar-refractivity contribution in [3.8, 4) is 11.5 Å². The first kappa shape index (κ1) is 18.1. The largest absolute Gasteiger partial charge is 0.496 e. The number of aliphatic hydroxyl groups is 1. The molecule has 1 aromatic carbocycles. The fourth-order valence-electron chi connectivity index (χ4n) is 2.46. The second-order valence-corrected chi connectivity index (χ2v) is 5.79. The maximum atomic E-state index is 10.2. The van der Waals surface area contributed by atoms with Crippen LogP contribution in [-0.4, -0.2) is 31.5 Å². The van der Waals surface area contributed by atoms with Crippen LogP contribution >= 0.6 is 11.6 Å². The summed E-state index contributed by atoms with van der Waals surface area (Å²) in [5.74, 6) is 1.39. The van der Waals surface area contributed by atoms with Crippen LogP contribution in [-0.2, 0) is 0 Å². The summed E-state index contributed by atoms with van der Waals surface area (Å²) >= 11 is 6.11. The lowest BCUT2D eigenvalue weighted by Crippen LogP contribution is -2.35. The van der Waals surface area contributed by atoms with Crippen molar-refractivity contribution in [2.45, 2.75) is 51.2 Å². The Hall–Kier alpha value is -0.970. The highest BCUT2D eigenvalue weighted by molar-refractivity contribution is 6.32. The van der Waals surface area contributed by atoms with Gasteiger partial charge in [0.1, 0.15) is 11.5 Å². The van der Waals surface area contributed by atoms with E-state index < -0.39 is 6.10 Å². The molecule has 3 atom stereocenters. The predicted octanol–water partition coefficient (Wildman–Crippen LogP) is 3.34. The second kappa shape index (κ2) is 8.47. The van der Waals surface area contributed by atoms with Crippen molar-refractivity contribution >= 4 is 11.6 Å². The number of nitrogens with two attached hydrogens (primary N) is 1. The zero-order valence-corrected chi connectivity index (χ0v) is 14.0. The van der Waals surface area contributed by atoms with Gasteiger partial charge in [-0.2, -0.15) is 0 Å². The molecule has 0 aliphatic carbocycles. The smallest absolute Gasteiger partial charge is 0.138 e. The number of benzene rings is 1. The summed E-state index contributed by atoms with van der Waals surface area (Å²) in [5.41, 5.74) is 6.94. The Morgan fingerprint density at radius 3 is 2.38 bits per heavy atom. The highest BCUT2D eigenvalue weighted by Crippen LogP contribution is 2.37. The number of aliphatic hydroxyl groups excluding tert-OH is 1. The lowest BCUT2D eigenvalue weighted by Gasteiger charge is -2.23. The molecule has 0 heterocycles. The van der Waals surface area contributed by atoms with Crippen LogP contribution in [0.4, 0.5) is 0 Å². The molecule has 0 aromatic heterocycles. The Kier molecular flexibility index (Phi) is 7.29. The van der Waals surface area contributed by atoms with Gasteiger partial charge in [-0.25, -0.2) is 0 Å². The highest BCUT2D eigenvalue weighted by atomic mass is 35.5.